The maximum atomic E-state index is 11.9. The van der Waals surface area contributed by atoms with E-state index in [4.69, 9.17) is 33.7 Å². The molecule has 2 aromatic rings. The minimum absolute atomic E-state index is 0.0743. The summed E-state index contributed by atoms with van der Waals surface area (Å²) in [6, 6.07) is 5.13. The van der Waals surface area contributed by atoms with Gasteiger partial charge in [0.05, 0.1) is 23.2 Å². The Morgan fingerprint density at radius 3 is 2.74 bits per heavy atom. The number of piperidine rings is 1. The van der Waals surface area contributed by atoms with E-state index in [1.165, 1.54) is 6.33 Å². The number of esters is 1. The lowest BCUT2D eigenvalue weighted by molar-refractivity contribution is -0.148. The first-order valence-electron chi connectivity index (χ1n) is 8.73. The number of anilines is 4. The van der Waals surface area contributed by atoms with E-state index < -0.39 is 0 Å². The molecule has 0 bridgehead atoms. The number of hydrogen-bond donors (Lipinski definition) is 2. The normalized spacial score (nSPS) is 14.9. The summed E-state index contributed by atoms with van der Waals surface area (Å²) in [7, 11) is 0. The molecule has 9 heteroatoms. The van der Waals surface area contributed by atoms with Crippen molar-refractivity contribution in [2.75, 3.05) is 35.6 Å². The quantitative estimate of drug-likeness (QED) is 0.723. The predicted octanol–water partition coefficient (Wildman–Crippen LogP) is 3.89. The third kappa shape index (κ3) is 4.54. The van der Waals surface area contributed by atoms with Crippen LogP contribution in [0.3, 0.4) is 0 Å². The van der Waals surface area contributed by atoms with E-state index in [1.54, 1.807) is 18.2 Å². The number of nitrogens with two attached hydrogens (primary N) is 1. The van der Waals surface area contributed by atoms with Crippen LogP contribution in [0, 0.1) is 5.92 Å². The van der Waals surface area contributed by atoms with E-state index in [0.717, 1.165) is 0 Å². The van der Waals surface area contributed by atoms with Gasteiger partial charge in [-0.2, -0.15) is 0 Å². The first-order chi connectivity index (χ1) is 13.0. The fraction of sp³-hybridized carbons (Fsp3) is 0.389. The topological polar surface area (TPSA) is 93.4 Å². The van der Waals surface area contributed by atoms with Crippen LogP contribution in [0.1, 0.15) is 19.8 Å². The number of aromatic nitrogens is 2. The van der Waals surface area contributed by atoms with Gasteiger partial charge in [0.1, 0.15) is 12.0 Å². The van der Waals surface area contributed by atoms with Crippen LogP contribution in [-0.4, -0.2) is 35.6 Å². The Kier molecular flexibility index (Phi) is 6.23. The average molecular weight is 410 g/mol. The predicted molar refractivity (Wildman–Crippen MR) is 108 cm³/mol. The highest BCUT2D eigenvalue weighted by Gasteiger charge is 2.28. The van der Waals surface area contributed by atoms with Crippen LogP contribution in [0.5, 0.6) is 0 Å². The zero-order valence-electron chi connectivity index (χ0n) is 14.9. The summed E-state index contributed by atoms with van der Waals surface area (Å²) in [5, 5.41) is 4.14. The molecule has 0 radical (unpaired) electrons. The number of benzene rings is 1. The molecule has 0 saturated carbocycles. The Bertz CT molecular complexity index is 825. The molecule has 144 valence electrons. The van der Waals surface area contributed by atoms with Gasteiger partial charge in [-0.1, -0.05) is 23.2 Å². The van der Waals surface area contributed by atoms with Crippen molar-refractivity contribution in [2.24, 2.45) is 5.92 Å². The van der Waals surface area contributed by atoms with Gasteiger partial charge in [0.15, 0.2) is 11.6 Å². The molecule has 1 aromatic heterocycles. The van der Waals surface area contributed by atoms with Crippen molar-refractivity contribution in [3.63, 3.8) is 0 Å². The molecule has 0 amide bonds. The van der Waals surface area contributed by atoms with Crippen molar-refractivity contribution < 1.29 is 9.53 Å². The van der Waals surface area contributed by atoms with Crippen LogP contribution >= 0.6 is 23.2 Å². The maximum absolute atomic E-state index is 11.9. The maximum Gasteiger partial charge on any atom is 0.309 e. The molecule has 1 saturated heterocycles. The van der Waals surface area contributed by atoms with Gasteiger partial charge in [0, 0.05) is 18.1 Å². The molecule has 7 nitrogen and oxygen atoms in total. The monoisotopic (exact) mass is 409 g/mol. The van der Waals surface area contributed by atoms with Crippen LogP contribution < -0.4 is 16.0 Å². The van der Waals surface area contributed by atoms with E-state index in [0.29, 0.717) is 65.6 Å². The summed E-state index contributed by atoms with van der Waals surface area (Å²) in [6.45, 7) is 3.56. The molecular weight excluding hydrogens is 389 g/mol. The first kappa shape index (κ1) is 19.5. The fourth-order valence-electron chi connectivity index (χ4n) is 3.04. The van der Waals surface area contributed by atoms with E-state index >= 15 is 0 Å². The van der Waals surface area contributed by atoms with Crippen LogP contribution in [-0.2, 0) is 9.53 Å². The number of nitrogen functional groups attached to an aromatic ring is 1. The van der Waals surface area contributed by atoms with Gasteiger partial charge in [-0.05, 0) is 38.0 Å². The Labute approximate surface area is 167 Å². The minimum atomic E-state index is -0.132. The number of nitrogens with one attached hydrogen (secondary N) is 1. The molecule has 0 spiro atoms. The highest BCUT2D eigenvalue weighted by atomic mass is 35.5. The van der Waals surface area contributed by atoms with Gasteiger partial charge >= 0.3 is 5.97 Å². The average Bonchev–Trinajstić information content (AvgIpc) is 2.66. The van der Waals surface area contributed by atoms with Crippen molar-refractivity contribution in [1.29, 1.82) is 0 Å². The lowest BCUT2D eigenvalue weighted by Gasteiger charge is -2.32. The summed E-state index contributed by atoms with van der Waals surface area (Å²) >= 11 is 12.1. The second-order valence-corrected chi connectivity index (χ2v) is 7.07. The van der Waals surface area contributed by atoms with Gasteiger partial charge in [-0.3, -0.25) is 4.79 Å². The summed E-state index contributed by atoms with van der Waals surface area (Å²) < 4.78 is 5.11. The number of carbonyl (C=O) groups is 1. The molecule has 0 unspecified atom stereocenters. The molecule has 3 N–H and O–H groups in total. The largest absolute Gasteiger partial charge is 0.466 e. The molecule has 0 atom stereocenters. The van der Waals surface area contributed by atoms with Gasteiger partial charge < -0.3 is 20.7 Å². The molecule has 1 fully saturated rings. The summed E-state index contributed by atoms with van der Waals surface area (Å²) in [4.78, 5) is 22.5. The Balaban J connectivity index is 1.73. The van der Waals surface area contributed by atoms with E-state index in [2.05, 4.69) is 20.2 Å². The van der Waals surface area contributed by atoms with Crippen molar-refractivity contribution in [3.8, 4) is 0 Å². The Morgan fingerprint density at radius 2 is 2.07 bits per heavy atom. The molecule has 1 aromatic carbocycles. The highest BCUT2D eigenvalue weighted by Crippen LogP contribution is 2.34. The fourth-order valence-corrected chi connectivity index (χ4v) is 3.50. The third-order valence-electron chi connectivity index (χ3n) is 4.46. The van der Waals surface area contributed by atoms with Crippen LogP contribution in [0.2, 0.25) is 10.0 Å². The van der Waals surface area contributed by atoms with Gasteiger partial charge in [0.25, 0.3) is 0 Å². The summed E-state index contributed by atoms with van der Waals surface area (Å²) in [6.07, 6.45) is 2.86. The van der Waals surface area contributed by atoms with Crippen LogP contribution in [0.25, 0.3) is 0 Å². The van der Waals surface area contributed by atoms with Gasteiger partial charge in [0.2, 0.25) is 0 Å². The smallest absolute Gasteiger partial charge is 0.309 e. The number of carbonyl (C=O) groups excluding carboxylic acids is 1. The Morgan fingerprint density at radius 1 is 1.33 bits per heavy atom. The Hall–Kier alpha value is -2.25. The second-order valence-electron chi connectivity index (χ2n) is 6.22. The van der Waals surface area contributed by atoms with Crippen LogP contribution in [0.15, 0.2) is 24.5 Å². The molecule has 27 heavy (non-hydrogen) atoms. The van der Waals surface area contributed by atoms with Crippen molar-refractivity contribution in [3.05, 3.63) is 34.6 Å². The summed E-state index contributed by atoms with van der Waals surface area (Å²) in [5.41, 5.74) is 7.37. The second kappa shape index (κ2) is 8.63. The van der Waals surface area contributed by atoms with E-state index in [1.807, 2.05) is 6.92 Å². The van der Waals surface area contributed by atoms with Gasteiger partial charge in [-0.15, -0.1) is 0 Å². The lowest BCUT2D eigenvalue weighted by atomic mass is 9.97. The molecule has 2 heterocycles. The van der Waals surface area contributed by atoms with Gasteiger partial charge in [-0.25, -0.2) is 9.97 Å². The zero-order valence-corrected chi connectivity index (χ0v) is 16.4. The summed E-state index contributed by atoms with van der Waals surface area (Å²) in [5.74, 6) is 0.902. The number of ether oxygens (including phenoxy) is 1. The van der Waals surface area contributed by atoms with Crippen LogP contribution in [0.4, 0.5) is 23.0 Å². The van der Waals surface area contributed by atoms with Crippen molar-refractivity contribution in [2.45, 2.75) is 19.8 Å². The SMILES string of the molecule is CCOC(=O)C1CCN(c2ncnc(Nc3ccc(Cl)cc3Cl)c2N)CC1. The molecule has 0 aliphatic carbocycles. The number of hydrogen-bond acceptors (Lipinski definition) is 7. The molecule has 1 aliphatic rings. The van der Waals surface area contributed by atoms with E-state index in [-0.39, 0.29) is 11.9 Å². The third-order valence-corrected chi connectivity index (χ3v) is 5.01. The number of nitrogens with zero attached hydrogens (tertiary/aromatic N) is 3. The molecular formula is C18H21Cl2N5O2. The first-order valence-corrected chi connectivity index (χ1v) is 9.49. The van der Waals surface area contributed by atoms with E-state index in [9.17, 15) is 4.79 Å². The zero-order chi connectivity index (χ0) is 19.4. The lowest BCUT2D eigenvalue weighted by Crippen LogP contribution is -2.37. The number of rotatable bonds is 5. The number of halogens is 2. The standard InChI is InChI=1S/C18H21Cl2N5O2/c1-2-27-18(26)11-5-7-25(8-6-11)17-15(21)16(22-10-23-17)24-14-4-3-12(19)9-13(14)20/h3-4,9-11H,2,5-8,21H2,1H3,(H,22,23,24). The molecule has 1 aliphatic heterocycles. The highest BCUT2D eigenvalue weighted by molar-refractivity contribution is 6.36. The van der Waals surface area contributed by atoms with Crippen molar-refractivity contribution in [1.82, 2.24) is 9.97 Å². The minimum Gasteiger partial charge on any atom is -0.466 e. The van der Waals surface area contributed by atoms with Crippen molar-refractivity contribution >= 4 is 52.2 Å². The molecule has 3 rings (SSSR count).